The van der Waals surface area contributed by atoms with E-state index >= 15 is 0 Å². The van der Waals surface area contributed by atoms with Gasteiger partial charge in [0.25, 0.3) is 5.91 Å². The lowest BCUT2D eigenvalue weighted by Crippen LogP contribution is -2.34. The lowest BCUT2D eigenvalue weighted by atomic mass is 9.98. The fourth-order valence-corrected chi connectivity index (χ4v) is 3.33. The zero-order valence-electron chi connectivity index (χ0n) is 12.6. The van der Waals surface area contributed by atoms with Crippen LogP contribution in [0.4, 0.5) is 0 Å². The number of amides is 1. The summed E-state index contributed by atoms with van der Waals surface area (Å²) in [5.41, 5.74) is 0.438. The van der Waals surface area contributed by atoms with E-state index in [0.29, 0.717) is 17.7 Å². The SMILES string of the molecule is O=C(NC1CCCCCC1)c1coc(C2CCNCC2)n1. The van der Waals surface area contributed by atoms with Gasteiger partial charge in [-0.3, -0.25) is 4.79 Å². The highest BCUT2D eigenvalue weighted by Crippen LogP contribution is 2.24. The number of oxazole rings is 1. The molecule has 0 atom stereocenters. The molecule has 2 aliphatic rings. The summed E-state index contributed by atoms with van der Waals surface area (Å²) in [5, 5.41) is 6.44. The van der Waals surface area contributed by atoms with Gasteiger partial charge in [-0.05, 0) is 38.8 Å². The Bertz CT molecular complexity index is 458. The molecule has 1 amide bonds. The average Bonchev–Trinajstić information content (AvgIpc) is 2.88. The van der Waals surface area contributed by atoms with Gasteiger partial charge in [-0.25, -0.2) is 4.98 Å². The highest BCUT2D eigenvalue weighted by Gasteiger charge is 2.23. The molecule has 0 spiro atoms. The lowest BCUT2D eigenvalue weighted by Gasteiger charge is -2.19. The highest BCUT2D eigenvalue weighted by atomic mass is 16.3. The molecule has 5 nitrogen and oxygen atoms in total. The molecule has 21 heavy (non-hydrogen) atoms. The number of nitrogens with zero attached hydrogens (tertiary/aromatic N) is 1. The number of carbonyl (C=O) groups excluding carboxylic acids is 1. The molecule has 0 bridgehead atoms. The zero-order chi connectivity index (χ0) is 14.5. The summed E-state index contributed by atoms with van der Waals surface area (Å²) in [6, 6.07) is 0.305. The monoisotopic (exact) mass is 291 g/mol. The molecule has 0 aromatic carbocycles. The summed E-state index contributed by atoms with van der Waals surface area (Å²) in [5.74, 6) is 0.999. The summed E-state index contributed by atoms with van der Waals surface area (Å²) in [4.78, 5) is 16.7. The van der Waals surface area contributed by atoms with Crippen LogP contribution in [0.1, 0.15) is 73.7 Å². The molecule has 1 aromatic heterocycles. The first-order valence-electron chi connectivity index (χ1n) is 8.30. The van der Waals surface area contributed by atoms with Gasteiger partial charge in [0.05, 0.1) is 0 Å². The lowest BCUT2D eigenvalue weighted by molar-refractivity contribution is 0.0928. The van der Waals surface area contributed by atoms with E-state index in [2.05, 4.69) is 15.6 Å². The first-order chi connectivity index (χ1) is 10.3. The van der Waals surface area contributed by atoms with Gasteiger partial charge in [0, 0.05) is 12.0 Å². The molecule has 2 heterocycles. The van der Waals surface area contributed by atoms with E-state index in [-0.39, 0.29) is 5.91 Å². The highest BCUT2D eigenvalue weighted by molar-refractivity contribution is 5.92. The van der Waals surface area contributed by atoms with Crippen molar-refractivity contribution < 1.29 is 9.21 Å². The quantitative estimate of drug-likeness (QED) is 0.840. The Morgan fingerprint density at radius 3 is 2.57 bits per heavy atom. The van der Waals surface area contributed by atoms with Crippen molar-refractivity contribution in [1.82, 2.24) is 15.6 Å². The summed E-state index contributed by atoms with van der Waals surface area (Å²) in [6.07, 6.45) is 10.8. The molecule has 1 aromatic rings. The Kier molecular flexibility index (Phi) is 4.91. The third kappa shape index (κ3) is 3.84. The second-order valence-electron chi connectivity index (χ2n) is 6.26. The van der Waals surface area contributed by atoms with Crippen molar-refractivity contribution in [3.8, 4) is 0 Å². The number of nitrogens with one attached hydrogen (secondary N) is 2. The van der Waals surface area contributed by atoms with Crippen molar-refractivity contribution in [2.75, 3.05) is 13.1 Å². The minimum Gasteiger partial charge on any atom is -0.448 e. The van der Waals surface area contributed by atoms with Gasteiger partial charge in [-0.15, -0.1) is 0 Å². The van der Waals surface area contributed by atoms with Crippen molar-refractivity contribution in [1.29, 1.82) is 0 Å². The standard InChI is InChI=1S/C16H25N3O2/c20-15(18-13-5-3-1-2-4-6-13)14-11-21-16(19-14)12-7-9-17-10-8-12/h11-13,17H,1-10H2,(H,18,20). The van der Waals surface area contributed by atoms with E-state index in [4.69, 9.17) is 4.42 Å². The molecule has 0 unspecified atom stereocenters. The fraction of sp³-hybridized carbons (Fsp3) is 0.750. The van der Waals surface area contributed by atoms with Crippen LogP contribution in [0.15, 0.2) is 10.7 Å². The van der Waals surface area contributed by atoms with Crippen molar-refractivity contribution in [3.63, 3.8) is 0 Å². The number of aromatic nitrogens is 1. The van der Waals surface area contributed by atoms with Crippen LogP contribution < -0.4 is 10.6 Å². The van der Waals surface area contributed by atoms with Crippen LogP contribution in [0.5, 0.6) is 0 Å². The van der Waals surface area contributed by atoms with E-state index in [1.807, 2.05) is 0 Å². The Morgan fingerprint density at radius 2 is 1.86 bits per heavy atom. The molecular weight excluding hydrogens is 266 g/mol. The number of hydrogen-bond acceptors (Lipinski definition) is 4. The van der Waals surface area contributed by atoms with Gasteiger partial charge in [-0.2, -0.15) is 0 Å². The Hall–Kier alpha value is -1.36. The Labute approximate surface area is 125 Å². The minimum atomic E-state index is -0.0779. The molecule has 116 valence electrons. The van der Waals surface area contributed by atoms with Crippen molar-refractivity contribution in [3.05, 3.63) is 17.8 Å². The van der Waals surface area contributed by atoms with Crippen LogP contribution in [0.25, 0.3) is 0 Å². The molecule has 1 aliphatic carbocycles. The van der Waals surface area contributed by atoms with Crippen LogP contribution in [0.3, 0.4) is 0 Å². The topological polar surface area (TPSA) is 67.2 Å². The third-order valence-electron chi connectivity index (χ3n) is 4.63. The summed E-state index contributed by atoms with van der Waals surface area (Å²) < 4.78 is 5.54. The van der Waals surface area contributed by atoms with Crippen LogP contribution in [0, 0.1) is 0 Å². The molecule has 1 saturated carbocycles. The third-order valence-corrected chi connectivity index (χ3v) is 4.63. The van der Waals surface area contributed by atoms with Crippen molar-refractivity contribution >= 4 is 5.91 Å². The summed E-state index contributed by atoms with van der Waals surface area (Å²) >= 11 is 0. The van der Waals surface area contributed by atoms with Crippen LogP contribution in [0.2, 0.25) is 0 Å². The van der Waals surface area contributed by atoms with Crippen LogP contribution in [-0.4, -0.2) is 30.0 Å². The number of hydrogen-bond donors (Lipinski definition) is 2. The number of carbonyl (C=O) groups is 1. The van der Waals surface area contributed by atoms with E-state index in [9.17, 15) is 4.79 Å². The van der Waals surface area contributed by atoms with Gasteiger partial charge >= 0.3 is 0 Å². The number of piperidine rings is 1. The van der Waals surface area contributed by atoms with Gasteiger partial charge in [0.15, 0.2) is 11.6 Å². The van der Waals surface area contributed by atoms with Crippen molar-refractivity contribution in [2.45, 2.75) is 63.3 Å². The largest absolute Gasteiger partial charge is 0.448 e. The molecular formula is C16H25N3O2. The molecule has 1 saturated heterocycles. The fourth-order valence-electron chi connectivity index (χ4n) is 3.33. The predicted octanol–water partition coefficient (Wildman–Crippen LogP) is 2.59. The minimum absolute atomic E-state index is 0.0779. The average molecular weight is 291 g/mol. The molecule has 0 radical (unpaired) electrons. The second kappa shape index (κ2) is 7.07. The smallest absolute Gasteiger partial charge is 0.273 e. The maximum Gasteiger partial charge on any atom is 0.273 e. The van der Waals surface area contributed by atoms with Crippen molar-refractivity contribution in [2.24, 2.45) is 0 Å². The first kappa shape index (κ1) is 14.6. The van der Waals surface area contributed by atoms with E-state index in [0.717, 1.165) is 44.7 Å². The molecule has 2 N–H and O–H groups in total. The van der Waals surface area contributed by atoms with E-state index in [1.165, 1.54) is 31.9 Å². The van der Waals surface area contributed by atoms with E-state index < -0.39 is 0 Å². The zero-order valence-corrected chi connectivity index (χ0v) is 12.6. The van der Waals surface area contributed by atoms with Gasteiger partial charge < -0.3 is 15.1 Å². The van der Waals surface area contributed by atoms with Crippen LogP contribution >= 0.6 is 0 Å². The Balaban J connectivity index is 1.58. The second-order valence-corrected chi connectivity index (χ2v) is 6.26. The normalized spacial score (nSPS) is 21.9. The molecule has 1 aliphatic heterocycles. The molecule has 5 heteroatoms. The summed E-state index contributed by atoms with van der Waals surface area (Å²) in [6.45, 7) is 1.99. The van der Waals surface area contributed by atoms with Gasteiger partial charge in [-0.1, -0.05) is 25.7 Å². The summed E-state index contributed by atoms with van der Waals surface area (Å²) in [7, 11) is 0. The first-order valence-corrected chi connectivity index (χ1v) is 8.30. The molecule has 2 fully saturated rings. The van der Waals surface area contributed by atoms with Crippen LogP contribution in [-0.2, 0) is 0 Å². The van der Waals surface area contributed by atoms with Gasteiger partial charge in [0.1, 0.15) is 6.26 Å². The molecule has 3 rings (SSSR count). The number of rotatable bonds is 3. The Morgan fingerprint density at radius 1 is 1.14 bits per heavy atom. The maximum absolute atomic E-state index is 12.3. The van der Waals surface area contributed by atoms with E-state index in [1.54, 1.807) is 0 Å². The predicted molar refractivity (Wildman–Crippen MR) is 80.3 cm³/mol. The maximum atomic E-state index is 12.3. The van der Waals surface area contributed by atoms with Gasteiger partial charge in [0.2, 0.25) is 0 Å².